The molecule has 1 saturated heterocycles. The summed E-state index contributed by atoms with van der Waals surface area (Å²) in [5.74, 6) is 0. The van der Waals surface area contributed by atoms with Gasteiger partial charge in [-0.1, -0.05) is 0 Å². The summed E-state index contributed by atoms with van der Waals surface area (Å²) in [5, 5.41) is 28.0. The van der Waals surface area contributed by atoms with Gasteiger partial charge in [0.2, 0.25) is 0 Å². The third kappa shape index (κ3) is 2.05. The van der Waals surface area contributed by atoms with Crippen molar-refractivity contribution in [2.75, 3.05) is 20.8 Å². The molecule has 0 radical (unpaired) electrons. The highest BCUT2D eigenvalue weighted by atomic mass is 16.7. The zero-order valence-corrected chi connectivity index (χ0v) is 8.16. The third-order valence-electron chi connectivity index (χ3n) is 2.36. The lowest BCUT2D eigenvalue weighted by Crippen LogP contribution is -2.59. The van der Waals surface area contributed by atoms with E-state index in [1.54, 1.807) is 0 Å². The van der Waals surface area contributed by atoms with Crippen molar-refractivity contribution in [3.8, 4) is 0 Å². The Balaban J connectivity index is 2.72. The van der Waals surface area contributed by atoms with Gasteiger partial charge in [-0.05, 0) is 0 Å². The van der Waals surface area contributed by atoms with Crippen molar-refractivity contribution >= 4 is 0 Å². The molecule has 0 spiro atoms. The van der Waals surface area contributed by atoms with Crippen LogP contribution in [0.5, 0.6) is 0 Å². The summed E-state index contributed by atoms with van der Waals surface area (Å²) in [6, 6.07) is 0. The van der Waals surface area contributed by atoms with Crippen LogP contribution in [0.1, 0.15) is 0 Å². The molecule has 0 aromatic rings. The maximum atomic E-state index is 9.70. The minimum absolute atomic E-state index is 0.330. The van der Waals surface area contributed by atoms with Crippen LogP contribution < -0.4 is 0 Å². The smallest absolute Gasteiger partial charge is 0.184 e. The van der Waals surface area contributed by atoms with Crippen LogP contribution in [-0.4, -0.2) is 66.9 Å². The Hall–Kier alpha value is -0.240. The third-order valence-corrected chi connectivity index (χ3v) is 2.36. The fraction of sp³-hybridized carbons (Fsp3) is 1.00. The second-order valence-corrected chi connectivity index (χ2v) is 3.14. The molecule has 1 rings (SSSR count). The van der Waals surface area contributed by atoms with Gasteiger partial charge in [0.1, 0.15) is 24.4 Å². The highest BCUT2D eigenvalue weighted by Crippen LogP contribution is 2.23. The fourth-order valence-electron chi connectivity index (χ4n) is 1.60. The van der Waals surface area contributed by atoms with Crippen LogP contribution >= 0.6 is 0 Å². The van der Waals surface area contributed by atoms with Crippen LogP contribution in [0.25, 0.3) is 0 Å². The fourth-order valence-corrected chi connectivity index (χ4v) is 1.60. The molecule has 3 N–H and O–H groups in total. The molecule has 0 aliphatic carbocycles. The van der Waals surface area contributed by atoms with Crippen molar-refractivity contribution in [3.05, 3.63) is 0 Å². The molecule has 0 aromatic carbocycles. The SMILES string of the molecule is COC1C(O)OC(CO)C(OC)C1O. The first-order valence-corrected chi connectivity index (χ1v) is 4.33. The Morgan fingerprint density at radius 1 is 1.14 bits per heavy atom. The largest absolute Gasteiger partial charge is 0.394 e. The van der Waals surface area contributed by atoms with Crippen molar-refractivity contribution in [2.24, 2.45) is 0 Å². The molecule has 6 nitrogen and oxygen atoms in total. The van der Waals surface area contributed by atoms with Crippen LogP contribution in [-0.2, 0) is 14.2 Å². The van der Waals surface area contributed by atoms with Gasteiger partial charge in [0.05, 0.1) is 6.61 Å². The van der Waals surface area contributed by atoms with Crippen LogP contribution in [0.15, 0.2) is 0 Å². The molecule has 5 unspecified atom stereocenters. The van der Waals surface area contributed by atoms with Crippen molar-refractivity contribution < 1.29 is 29.5 Å². The quantitative estimate of drug-likeness (QED) is 0.501. The number of ether oxygens (including phenoxy) is 3. The monoisotopic (exact) mass is 208 g/mol. The average molecular weight is 208 g/mol. The number of hydrogen-bond acceptors (Lipinski definition) is 6. The van der Waals surface area contributed by atoms with Gasteiger partial charge in [-0.25, -0.2) is 0 Å². The molecule has 1 aliphatic heterocycles. The number of hydrogen-bond donors (Lipinski definition) is 3. The summed E-state index contributed by atoms with van der Waals surface area (Å²) >= 11 is 0. The maximum Gasteiger partial charge on any atom is 0.184 e. The van der Waals surface area contributed by atoms with E-state index in [1.165, 1.54) is 14.2 Å². The van der Waals surface area contributed by atoms with Gasteiger partial charge in [0.25, 0.3) is 0 Å². The van der Waals surface area contributed by atoms with E-state index < -0.39 is 30.7 Å². The van der Waals surface area contributed by atoms with Crippen molar-refractivity contribution in [1.29, 1.82) is 0 Å². The lowest BCUT2D eigenvalue weighted by molar-refractivity contribution is -0.295. The zero-order chi connectivity index (χ0) is 10.7. The Bertz CT molecular complexity index is 175. The molecule has 1 aliphatic rings. The molecule has 0 saturated carbocycles. The Labute approximate surface area is 82.0 Å². The minimum Gasteiger partial charge on any atom is -0.394 e. The molecular formula is C8H16O6. The number of aliphatic hydroxyl groups excluding tert-OH is 3. The Morgan fingerprint density at radius 2 is 1.71 bits per heavy atom. The lowest BCUT2D eigenvalue weighted by Gasteiger charge is -2.40. The van der Waals surface area contributed by atoms with Crippen molar-refractivity contribution in [2.45, 2.75) is 30.7 Å². The highest BCUT2D eigenvalue weighted by molar-refractivity contribution is 4.90. The second kappa shape index (κ2) is 5.01. The Kier molecular flexibility index (Phi) is 4.24. The molecule has 0 bridgehead atoms. The summed E-state index contributed by atoms with van der Waals surface area (Å²) in [6.07, 6.45) is -4.57. The van der Waals surface area contributed by atoms with E-state index in [0.717, 1.165) is 0 Å². The number of rotatable bonds is 3. The molecule has 6 heteroatoms. The summed E-state index contributed by atoms with van der Waals surface area (Å²) < 4.78 is 14.8. The molecule has 1 heterocycles. The molecule has 14 heavy (non-hydrogen) atoms. The number of methoxy groups -OCH3 is 2. The van der Waals surface area contributed by atoms with E-state index in [2.05, 4.69) is 0 Å². The summed E-state index contributed by atoms with van der Waals surface area (Å²) in [6.45, 7) is -0.330. The predicted molar refractivity (Wildman–Crippen MR) is 45.6 cm³/mol. The van der Waals surface area contributed by atoms with Crippen LogP contribution in [0.2, 0.25) is 0 Å². The average Bonchev–Trinajstić information content (AvgIpc) is 2.17. The Morgan fingerprint density at radius 3 is 2.14 bits per heavy atom. The molecule has 1 fully saturated rings. The van der Waals surface area contributed by atoms with Gasteiger partial charge in [-0.3, -0.25) is 0 Å². The molecule has 5 atom stereocenters. The van der Waals surface area contributed by atoms with E-state index in [9.17, 15) is 10.2 Å². The van der Waals surface area contributed by atoms with Gasteiger partial charge in [-0.2, -0.15) is 0 Å². The maximum absolute atomic E-state index is 9.70. The first-order valence-electron chi connectivity index (χ1n) is 4.33. The standard InChI is InChI=1S/C8H16O6/c1-12-6-4(3-9)14-8(11)7(13-2)5(6)10/h4-11H,3H2,1-2H3. The molecule has 84 valence electrons. The normalized spacial score (nSPS) is 43.9. The summed E-state index contributed by atoms with van der Waals surface area (Å²) in [5.41, 5.74) is 0. The van der Waals surface area contributed by atoms with Crippen molar-refractivity contribution in [1.82, 2.24) is 0 Å². The van der Waals surface area contributed by atoms with E-state index in [1.807, 2.05) is 0 Å². The summed E-state index contributed by atoms with van der Waals surface area (Å²) in [4.78, 5) is 0. The van der Waals surface area contributed by atoms with Crippen LogP contribution in [0.4, 0.5) is 0 Å². The molecular weight excluding hydrogens is 192 g/mol. The highest BCUT2D eigenvalue weighted by Gasteiger charge is 2.44. The minimum atomic E-state index is -1.25. The first kappa shape index (κ1) is 11.8. The van der Waals surface area contributed by atoms with E-state index >= 15 is 0 Å². The van der Waals surface area contributed by atoms with Crippen LogP contribution in [0, 0.1) is 0 Å². The van der Waals surface area contributed by atoms with Gasteiger partial charge < -0.3 is 29.5 Å². The van der Waals surface area contributed by atoms with E-state index in [4.69, 9.17) is 19.3 Å². The van der Waals surface area contributed by atoms with Gasteiger partial charge in [0.15, 0.2) is 6.29 Å². The van der Waals surface area contributed by atoms with Gasteiger partial charge >= 0.3 is 0 Å². The second-order valence-electron chi connectivity index (χ2n) is 3.14. The van der Waals surface area contributed by atoms with E-state index in [0.29, 0.717) is 0 Å². The molecule has 0 aromatic heterocycles. The first-order chi connectivity index (χ1) is 6.65. The van der Waals surface area contributed by atoms with E-state index in [-0.39, 0.29) is 6.61 Å². The lowest BCUT2D eigenvalue weighted by atomic mass is 9.99. The molecule has 0 amide bonds. The van der Waals surface area contributed by atoms with Crippen LogP contribution in [0.3, 0.4) is 0 Å². The predicted octanol–water partition coefficient (Wildman–Crippen LogP) is -1.91. The van der Waals surface area contributed by atoms with Gasteiger partial charge in [-0.15, -0.1) is 0 Å². The topological polar surface area (TPSA) is 88.4 Å². The van der Waals surface area contributed by atoms with Gasteiger partial charge in [0, 0.05) is 14.2 Å². The van der Waals surface area contributed by atoms with Crippen molar-refractivity contribution in [3.63, 3.8) is 0 Å². The summed E-state index contributed by atoms with van der Waals surface area (Å²) in [7, 11) is 2.75. The number of aliphatic hydroxyl groups is 3. The zero-order valence-electron chi connectivity index (χ0n) is 8.16.